The molecule has 3 heterocycles. The summed E-state index contributed by atoms with van der Waals surface area (Å²) < 4.78 is 20.7. The minimum absolute atomic E-state index is 0.131. The summed E-state index contributed by atoms with van der Waals surface area (Å²) in [6, 6.07) is 0.204. The number of likely N-dealkylation sites (N-methyl/N-ethyl adjacent to an activating group) is 1. The zero-order chi connectivity index (χ0) is 20.1. The zero-order valence-corrected chi connectivity index (χ0v) is 18.2. The summed E-state index contributed by atoms with van der Waals surface area (Å²) in [5.74, 6) is 0.124. The Morgan fingerprint density at radius 3 is 2.67 bits per heavy atom. The number of pyridine rings is 1. The van der Waals surface area contributed by atoms with E-state index in [0.29, 0.717) is 22.9 Å². The lowest BCUT2D eigenvalue weighted by atomic mass is 10.1. The van der Waals surface area contributed by atoms with Crippen molar-refractivity contribution in [3.63, 3.8) is 0 Å². The fourth-order valence-electron chi connectivity index (χ4n) is 3.17. The van der Waals surface area contributed by atoms with E-state index in [1.54, 1.807) is 0 Å². The van der Waals surface area contributed by atoms with Crippen LogP contribution in [0.15, 0.2) is 5.16 Å². The summed E-state index contributed by atoms with van der Waals surface area (Å²) in [7, 11) is 2.06. The molecule has 0 saturated heterocycles. The highest BCUT2D eigenvalue weighted by atomic mass is 35.5. The molecule has 9 heteroatoms. The molecule has 150 valence electrons. The third kappa shape index (κ3) is 4.55. The van der Waals surface area contributed by atoms with Gasteiger partial charge in [0.15, 0.2) is 16.1 Å². The molecule has 0 saturated carbocycles. The van der Waals surface area contributed by atoms with Crippen molar-refractivity contribution in [3.05, 3.63) is 11.0 Å². The maximum absolute atomic E-state index is 14.6. The molecule has 0 fully saturated rings. The van der Waals surface area contributed by atoms with Crippen molar-refractivity contribution in [1.82, 2.24) is 19.9 Å². The summed E-state index contributed by atoms with van der Waals surface area (Å²) in [4.78, 5) is 15.1. The van der Waals surface area contributed by atoms with Crippen LogP contribution in [-0.4, -0.2) is 58.4 Å². The number of ether oxygens (including phenoxy) is 1. The fraction of sp³-hybridized carbons (Fsp3) is 0.611. The Kier molecular flexibility index (Phi) is 7.88. The highest BCUT2D eigenvalue weighted by molar-refractivity contribution is 7.98. The Balaban J connectivity index is 0.00000126. The van der Waals surface area contributed by atoms with Gasteiger partial charge >= 0.3 is 0 Å². The number of anilines is 1. The molecule has 1 aliphatic heterocycles. The van der Waals surface area contributed by atoms with Crippen LogP contribution < -0.4 is 10.1 Å². The Hall–Kier alpha value is -1.38. The van der Waals surface area contributed by atoms with Gasteiger partial charge in [-0.05, 0) is 26.6 Å². The molecule has 0 aliphatic carbocycles. The maximum atomic E-state index is 14.6. The largest absolute Gasteiger partial charge is 0.472 e. The van der Waals surface area contributed by atoms with Gasteiger partial charge in [0, 0.05) is 19.1 Å². The van der Waals surface area contributed by atoms with E-state index in [-0.39, 0.29) is 28.7 Å². The van der Waals surface area contributed by atoms with E-state index >= 15 is 0 Å². The quantitative estimate of drug-likeness (QED) is 0.441. The van der Waals surface area contributed by atoms with Gasteiger partial charge in [-0.3, -0.25) is 4.90 Å². The van der Waals surface area contributed by atoms with Gasteiger partial charge in [-0.25, -0.2) is 14.4 Å². The average molecular weight is 416 g/mol. The Morgan fingerprint density at radius 2 is 2.04 bits per heavy atom. The molecule has 2 atom stereocenters. The van der Waals surface area contributed by atoms with Crippen LogP contribution >= 0.6 is 23.4 Å². The Morgan fingerprint density at radius 1 is 1.33 bits per heavy atom. The fourth-order valence-corrected chi connectivity index (χ4v) is 3.70. The molecule has 0 spiro atoms. The van der Waals surface area contributed by atoms with E-state index in [9.17, 15) is 4.39 Å². The van der Waals surface area contributed by atoms with Crippen LogP contribution in [0.2, 0.25) is 5.15 Å². The zero-order valence-electron chi connectivity index (χ0n) is 16.6. The van der Waals surface area contributed by atoms with Crippen molar-refractivity contribution in [2.75, 3.05) is 31.7 Å². The van der Waals surface area contributed by atoms with Crippen LogP contribution in [0.3, 0.4) is 0 Å². The van der Waals surface area contributed by atoms with Crippen molar-refractivity contribution in [1.29, 1.82) is 0 Å². The predicted molar refractivity (Wildman–Crippen MR) is 111 cm³/mol. The van der Waals surface area contributed by atoms with E-state index in [2.05, 4.69) is 39.1 Å². The number of nitrogens with zero attached hydrogens (tertiary/aromatic N) is 4. The van der Waals surface area contributed by atoms with Gasteiger partial charge in [0.2, 0.25) is 5.88 Å². The lowest BCUT2D eigenvalue weighted by Gasteiger charge is -2.33. The van der Waals surface area contributed by atoms with Crippen LogP contribution in [0.4, 0.5) is 10.2 Å². The lowest BCUT2D eigenvalue weighted by Crippen LogP contribution is -2.44. The second-order valence-corrected chi connectivity index (χ2v) is 7.14. The molecular weight excluding hydrogens is 389 g/mol. The number of hydrogen-bond acceptors (Lipinski definition) is 7. The number of halogens is 2. The highest BCUT2D eigenvalue weighted by Crippen LogP contribution is 2.36. The van der Waals surface area contributed by atoms with E-state index in [1.807, 2.05) is 27.0 Å². The first-order chi connectivity index (χ1) is 13.0. The van der Waals surface area contributed by atoms with Crippen molar-refractivity contribution >= 4 is 40.1 Å². The number of thioether (sulfide) groups is 1. The Labute approximate surface area is 169 Å². The normalized spacial score (nSPS) is 20.3. The highest BCUT2D eigenvalue weighted by Gasteiger charge is 2.27. The molecular formula is C18H27ClFN5OS. The third-order valence-electron chi connectivity index (χ3n) is 4.45. The second kappa shape index (κ2) is 9.71. The van der Waals surface area contributed by atoms with Crippen molar-refractivity contribution < 1.29 is 9.13 Å². The number of hydrogen-bond donors (Lipinski definition) is 1. The molecule has 0 radical (unpaired) electrons. The minimum Gasteiger partial charge on any atom is -0.472 e. The number of nitrogens with one attached hydrogen (secondary N) is 1. The molecule has 27 heavy (non-hydrogen) atoms. The van der Waals surface area contributed by atoms with Gasteiger partial charge in [0.25, 0.3) is 0 Å². The lowest BCUT2D eigenvalue weighted by molar-refractivity contribution is 0.0914. The second-order valence-electron chi connectivity index (χ2n) is 6.01. The van der Waals surface area contributed by atoms with Crippen molar-refractivity contribution in [2.45, 2.75) is 51.4 Å². The van der Waals surface area contributed by atoms with Gasteiger partial charge < -0.3 is 10.1 Å². The Bertz CT molecular complexity index is 794. The molecule has 1 aliphatic rings. The van der Waals surface area contributed by atoms with Crippen LogP contribution in [0, 0.1) is 5.82 Å². The third-order valence-corrected chi connectivity index (χ3v) is 5.25. The number of aromatic nitrogens is 3. The summed E-state index contributed by atoms with van der Waals surface area (Å²) in [5, 5.41) is 3.93. The summed E-state index contributed by atoms with van der Waals surface area (Å²) in [6.07, 6.45) is 2.62. The molecule has 3 rings (SSSR count). The van der Waals surface area contributed by atoms with E-state index < -0.39 is 5.82 Å². The number of rotatable bonds is 2. The van der Waals surface area contributed by atoms with Crippen LogP contribution in [0.5, 0.6) is 5.88 Å². The standard InChI is InChI=1S/C16H21ClFN5OS.C2H6/c1-5-9-8(2)24-15-10-12(11(18)13(17)21-15)20-16(25-4)22-14(10)19-6-7-23(9)3;1-2/h8-9H,5-7H2,1-4H3,(H,19,20,22);1-2H3. The first-order valence-electron chi connectivity index (χ1n) is 9.17. The van der Waals surface area contributed by atoms with Gasteiger partial charge in [-0.15, -0.1) is 0 Å². The van der Waals surface area contributed by atoms with Crippen LogP contribution in [-0.2, 0) is 0 Å². The maximum Gasteiger partial charge on any atom is 0.228 e. The smallest absolute Gasteiger partial charge is 0.228 e. The molecule has 6 nitrogen and oxygen atoms in total. The minimum atomic E-state index is -0.654. The average Bonchev–Trinajstić information content (AvgIpc) is 2.67. The monoisotopic (exact) mass is 415 g/mol. The van der Waals surface area contributed by atoms with Crippen molar-refractivity contribution in [2.24, 2.45) is 0 Å². The van der Waals surface area contributed by atoms with Gasteiger partial charge in [-0.2, -0.15) is 4.98 Å². The molecule has 0 bridgehead atoms. The molecule has 1 N–H and O–H groups in total. The summed E-state index contributed by atoms with van der Waals surface area (Å²) in [5.41, 5.74) is 0.131. The van der Waals surface area contributed by atoms with E-state index in [0.717, 1.165) is 13.0 Å². The molecule has 2 aromatic heterocycles. The predicted octanol–water partition coefficient (Wildman–Crippen LogP) is 4.47. The first kappa shape index (κ1) is 21.9. The van der Waals surface area contributed by atoms with E-state index in [4.69, 9.17) is 16.3 Å². The summed E-state index contributed by atoms with van der Waals surface area (Å²) >= 11 is 7.33. The topological polar surface area (TPSA) is 63.2 Å². The molecule has 0 aromatic carbocycles. The van der Waals surface area contributed by atoms with Crippen molar-refractivity contribution in [3.8, 4) is 5.88 Å². The van der Waals surface area contributed by atoms with Gasteiger partial charge in [0.05, 0.1) is 0 Å². The SMILES string of the molecule is CC.CCC1C(C)Oc2nc(Cl)c(F)c3nc(SC)nc(c23)NCCN1C. The molecule has 2 unspecified atom stereocenters. The van der Waals surface area contributed by atoms with Crippen LogP contribution in [0.25, 0.3) is 10.9 Å². The van der Waals surface area contributed by atoms with Gasteiger partial charge in [0.1, 0.15) is 22.8 Å². The van der Waals surface area contributed by atoms with E-state index in [1.165, 1.54) is 11.8 Å². The molecule has 2 aromatic rings. The van der Waals surface area contributed by atoms with Gasteiger partial charge in [-0.1, -0.05) is 44.1 Å². The molecule has 0 amide bonds. The summed E-state index contributed by atoms with van der Waals surface area (Å²) in [6.45, 7) is 9.58. The first-order valence-corrected chi connectivity index (χ1v) is 10.8. The van der Waals surface area contributed by atoms with Crippen LogP contribution in [0.1, 0.15) is 34.1 Å².